The first-order valence-electron chi connectivity index (χ1n) is 6.51. The molecule has 0 saturated carbocycles. The van der Waals surface area contributed by atoms with E-state index >= 15 is 0 Å². The summed E-state index contributed by atoms with van der Waals surface area (Å²) in [5.41, 5.74) is 1.18. The quantitative estimate of drug-likeness (QED) is 0.691. The molecule has 1 N–H and O–H groups in total. The van der Waals surface area contributed by atoms with E-state index in [0.717, 1.165) is 11.6 Å². The van der Waals surface area contributed by atoms with Gasteiger partial charge in [0, 0.05) is 12.3 Å². The van der Waals surface area contributed by atoms with E-state index in [9.17, 15) is 22.8 Å². The van der Waals surface area contributed by atoms with Gasteiger partial charge in [-0.05, 0) is 11.6 Å². The van der Waals surface area contributed by atoms with Crippen molar-refractivity contribution >= 4 is 12.1 Å². The minimum atomic E-state index is -4.59. The number of benzene rings is 1. The summed E-state index contributed by atoms with van der Waals surface area (Å²) in [5.74, 6) is -0.710. The number of hydrazone groups is 1. The zero-order chi connectivity index (χ0) is 16.9. The van der Waals surface area contributed by atoms with Gasteiger partial charge in [0.25, 0.3) is 11.5 Å². The Balaban J connectivity index is 2.03. The Kier molecular flexibility index (Phi) is 4.95. The Hall–Kier alpha value is -2.90. The predicted octanol–water partition coefficient (Wildman–Crippen LogP) is 2.02. The summed E-state index contributed by atoms with van der Waals surface area (Å²) in [7, 11) is 0. The van der Waals surface area contributed by atoms with Gasteiger partial charge < -0.3 is 4.57 Å². The average molecular weight is 323 g/mol. The number of hydrogen-bond acceptors (Lipinski definition) is 3. The minimum Gasteiger partial charge on any atom is -0.305 e. The molecule has 1 heterocycles. The molecule has 0 saturated heterocycles. The van der Waals surface area contributed by atoms with E-state index < -0.39 is 29.8 Å². The van der Waals surface area contributed by atoms with Gasteiger partial charge in [0.05, 0.1) is 11.8 Å². The van der Waals surface area contributed by atoms with E-state index in [0.29, 0.717) is 16.8 Å². The van der Waals surface area contributed by atoms with Gasteiger partial charge in [-0.25, -0.2) is 5.43 Å². The van der Waals surface area contributed by atoms with Crippen LogP contribution >= 0.6 is 0 Å². The summed E-state index contributed by atoms with van der Waals surface area (Å²) in [6, 6.07) is 10.3. The van der Waals surface area contributed by atoms with Crippen LogP contribution in [-0.2, 0) is 17.5 Å². The number of pyridine rings is 1. The van der Waals surface area contributed by atoms with Crippen LogP contribution < -0.4 is 11.0 Å². The zero-order valence-electron chi connectivity index (χ0n) is 11.7. The second-order valence-corrected chi connectivity index (χ2v) is 4.59. The molecule has 120 valence electrons. The van der Waals surface area contributed by atoms with E-state index in [4.69, 9.17) is 0 Å². The molecule has 8 heteroatoms. The molecule has 0 aliphatic carbocycles. The molecule has 5 nitrogen and oxygen atoms in total. The van der Waals surface area contributed by atoms with E-state index in [-0.39, 0.29) is 0 Å². The van der Waals surface area contributed by atoms with Crippen LogP contribution in [0.1, 0.15) is 11.1 Å². The molecule has 0 atom stereocenters. The molecule has 0 unspecified atom stereocenters. The van der Waals surface area contributed by atoms with Gasteiger partial charge >= 0.3 is 6.18 Å². The van der Waals surface area contributed by atoms with Gasteiger partial charge in [-0.2, -0.15) is 18.3 Å². The summed E-state index contributed by atoms with van der Waals surface area (Å²) in [6.07, 6.45) is -2.60. The smallest absolute Gasteiger partial charge is 0.305 e. The Labute approximate surface area is 129 Å². The number of nitrogens with one attached hydrogen (secondary N) is 1. The minimum absolute atomic E-state index is 0.561. The van der Waals surface area contributed by atoms with Gasteiger partial charge in [-0.15, -0.1) is 0 Å². The molecule has 1 aromatic carbocycles. The Morgan fingerprint density at radius 2 is 1.87 bits per heavy atom. The SMILES string of the molecule is O=C(Cn1cc(C(F)(F)F)ccc1=O)N/N=C/c1ccccc1. The lowest BCUT2D eigenvalue weighted by Crippen LogP contribution is -2.30. The van der Waals surface area contributed by atoms with Crippen molar-refractivity contribution in [3.63, 3.8) is 0 Å². The second kappa shape index (κ2) is 6.91. The van der Waals surface area contributed by atoms with Crippen molar-refractivity contribution in [3.05, 3.63) is 70.1 Å². The molecule has 0 bridgehead atoms. The van der Waals surface area contributed by atoms with E-state index in [1.54, 1.807) is 24.3 Å². The molecule has 1 amide bonds. The van der Waals surface area contributed by atoms with Gasteiger partial charge in [0.1, 0.15) is 6.54 Å². The van der Waals surface area contributed by atoms with Crippen molar-refractivity contribution in [1.82, 2.24) is 9.99 Å². The van der Waals surface area contributed by atoms with Gasteiger partial charge in [-0.3, -0.25) is 9.59 Å². The summed E-state index contributed by atoms with van der Waals surface area (Å²) < 4.78 is 38.4. The molecule has 0 fully saturated rings. The number of rotatable bonds is 4. The fraction of sp³-hybridized carbons (Fsp3) is 0.133. The molecule has 2 aromatic rings. The molecular formula is C15H12F3N3O2. The van der Waals surface area contributed by atoms with Gasteiger partial charge in [0.2, 0.25) is 0 Å². The third kappa shape index (κ3) is 4.80. The summed E-state index contributed by atoms with van der Waals surface area (Å²) in [5, 5.41) is 3.68. The summed E-state index contributed by atoms with van der Waals surface area (Å²) in [4.78, 5) is 23.2. The molecule has 0 aliphatic heterocycles. The maximum atomic E-state index is 12.6. The number of carbonyl (C=O) groups is 1. The first kappa shape index (κ1) is 16.5. The molecule has 0 aliphatic rings. The van der Waals surface area contributed by atoms with Gasteiger partial charge in [0.15, 0.2) is 0 Å². The maximum Gasteiger partial charge on any atom is 0.417 e. The molecular weight excluding hydrogens is 311 g/mol. The molecule has 0 spiro atoms. The zero-order valence-corrected chi connectivity index (χ0v) is 11.7. The highest BCUT2D eigenvalue weighted by atomic mass is 19.4. The van der Waals surface area contributed by atoms with Crippen LogP contribution in [-0.4, -0.2) is 16.7 Å². The van der Waals surface area contributed by atoms with Crippen LogP contribution in [0, 0.1) is 0 Å². The first-order valence-corrected chi connectivity index (χ1v) is 6.51. The number of hydrogen-bond donors (Lipinski definition) is 1. The number of aromatic nitrogens is 1. The molecule has 2 rings (SSSR count). The van der Waals surface area contributed by atoms with Crippen LogP contribution in [0.25, 0.3) is 0 Å². The second-order valence-electron chi connectivity index (χ2n) is 4.59. The van der Waals surface area contributed by atoms with Crippen molar-refractivity contribution in [2.75, 3.05) is 0 Å². The molecule has 23 heavy (non-hydrogen) atoms. The predicted molar refractivity (Wildman–Crippen MR) is 77.9 cm³/mol. The van der Waals surface area contributed by atoms with Crippen molar-refractivity contribution in [3.8, 4) is 0 Å². The largest absolute Gasteiger partial charge is 0.417 e. The molecule has 0 radical (unpaired) electrons. The summed E-state index contributed by atoms with van der Waals surface area (Å²) in [6.45, 7) is -0.561. The Morgan fingerprint density at radius 1 is 1.17 bits per heavy atom. The first-order chi connectivity index (χ1) is 10.9. The highest BCUT2D eigenvalue weighted by molar-refractivity contribution is 5.82. The fourth-order valence-electron chi connectivity index (χ4n) is 1.73. The lowest BCUT2D eigenvalue weighted by molar-refractivity contribution is -0.138. The standard InChI is InChI=1S/C15H12F3N3O2/c16-15(17,18)12-6-7-14(23)21(9-12)10-13(22)20-19-8-11-4-2-1-3-5-11/h1-9H,10H2,(H,20,22)/b19-8+. The highest BCUT2D eigenvalue weighted by Crippen LogP contribution is 2.27. The summed E-state index contributed by atoms with van der Waals surface area (Å²) >= 11 is 0. The monoisotopic (exact) mass is 323 g/mol. The van der Waals surface area contributed by atoms with E-state index in [2.05, 4.69) is 10.5 Å². The maximum absolute atomic E-state index is 12.6. The van der Waals surface area contributed by atoms with Crippen molar-refractivity contribution in [2.24, 2.45) is 5.10 Å². The Morgan fingerprint density at radius 3 is 2.52 bits per heavy atom. The topological polar surface area (TPSA) is 63.5 Å². The van der Waals surface area contributed by atoms with Gasteiger partial charge in [-0.1, -0.05) is 30.3 Å². The van der Waals surface area contributed by atoms with Crippen LogP contribution in [0.5, 0.6) is 0 Å². The highest BCUT2D eigenvalue weighted by Gasteiger charge is 2.31. The number of carbonyl (C=O) groups excluding carboxylic acids is 1. The third-order valence-corrected chi connectivity index (χ3v) is 2.83. The Bertz CT molecular complexity index is 768. The lowest BCUT2D eigenvalue weighted by atomic mass is 10.2. The van der Waals surface area contributed by atoms with Crippen LogP contribution in [0.3, 0.4) is 0 Å². The third-order valence-electron chi connectivity index (χ3n) is 2.83. The number of halogens is 3. The van der Waals surface area contributed by atoms with Crippen LogP contribution in [0.15, 0.2) is 58.6 Å². The number of alkyl halides is 3. The number of nitrogens with zero attached hydrogens (tertiary/aromatic N) is 2. The number of amides is 1. The lowest BCUT2D eigenvalue weighted by Gasteiger charge is -2.09. The average Bonchev–Trinajstić information content (AvgIpc) is 2.49. The van der Waals surface area contributed by atoms with Crippen LogP contribution in [0.2, 0.25) is 0 Å². The van der Waals surface area contributed by atoms with Crippen molar-refractivity contribution in [1.29, 1.82) is 0 Å². The van der Waals surface area contributed by atoms with Crippen molar-refractivity contribution in [2.45, 2.75) is 12.7 Å². The fourth-order valence-corrected chi connectivity index (χ4v) is 1.73. The van der Waals surface area contributed by atoms with E-state index in [1.165, 1.54) is 6.21 Å². The van der Waals surface area contributed by atoms with E-state index in [1.807, 2.05) is 6.07 Å². The van der Waals surface area contributed by atoms with Crippen molar-refractivity contribution < 1.29 is 18.0 Å². The van der Waals surface area contributed by atoms with Crippen LogP contribution in [0.4, 0.5) is 13.2 Å². The molecule has 1 aromatic heterocycles. The normalized spacial score (nSPS) is 11.6.